The van der Waals surface area contributed by atoms with Crippen molar-refractivity contribution < 1.29 is 9.53 Å². The number of carbonyl (C=O) groups excluding carboxylic acids is 1. The number of rotatable bonds is 8. The van der Waals surface area contributed by atoms with Gasteiger partial charge >= 0.3 is 0 Å². The van der Waals surface area contributed by atoms with Crippen LogP contribution >= 0.6 is 11.8 Å². The second-order valence-electron chi connectivity index (χ2n) is 7.11. The Kier molecular flexibility index (Phi) is 6.87. The van der Waals surface area contributed by atoms with Crippen LogP contribution in [0, 0.1) is 6.92 Å². The van der Waals surface area contributed by atoms with Crippen molar-refractivity contribution in [3.8, 4) is 22.8 Å². The zero-order valence-corrected chi connectivity index (χ0v) is 18.8. The minimum atomic E-state index is -0.137. The van der Waals surface area contributed by atoms with Crippen LogP contribution in [0.5, 0.6) is 5.75 Å². The van der Waals surface area contributed by atoms with E-state index in [1.54, 1.807) is 0 Å². The molecule has 0 radical (unpaired) electrons. The lowest BCUT2D eigenvalue weighted by Crippen LogP contribution is -2.15. The van der Waals surface area contributed by atoms with Crippen molar-refractivity contribution >= 4 is 23.4 Å². The third-order valence-electron chi connectivity index (χ3n) is 4.72. The van der Waals surface area contributed by atoms with Crippen molar-refractivity contribution in [3.05, 3.63) is 84.4 Å². The molecular formula is C25H24N4O2S. The fourth-order valence-corrected chi connectivity index (χ4v) is 4.06. The van der Waals surface area contributed by atoms with E-state index >= 15 is 0 Å². The van der Waals surface area contributed by atoms with E-state index in [2.05, 4.69) is 21.6 Å². The molecule has 0 aliphatic rings. The summed E-state index contributed by atoms with van der Waals surface area (Å²) in [4.78, 5) is 12.7. The Balaban J connectivity index is 1.58. The van der Waals surface area contributed by atoms with Crippen LogP contribution in [0.3, 0.4) is 0 Å². The topological polar surface area (TPSA) is 69.0 Å². The highest BCUT2D eigenvalue weighted by atomic mass is 32.2. The van der Waals surface area contributed by atoms with Crippen LogP contribution in [0.2, 0.25) is 0 Å². The van der Waals surface area contributed by atoms with Crippen molar-refractivity contribution in [2.24, 2.45) is 0 Å². The number of hydrogen-bond acceptors (Lipinski definition) is 5. The van der Waals surface area contributed by atoms with Gasteiger partial charge in [-0.2, -0.15) is 0 Å². The van der Waals surface area contributed by atoms with Crippen LogP contribution in [0.4, 0.5) is 5.69 Å². The minimum Gasteiger partial charge on any atom is -0.492 e. The van der Waals surface area contributed by atoms with Gasteiger partial charge < -0.3 is 10.1 Å². The molecule has 1 N–H and O–H groups in total. The summed E-state index contributed by atoms with van der Waals surface area (Å²) >= 11 is 1.35. The first-order valence-corrected chi connectivity index (χ1v) is 11.4. The normalized spacial score (nSPS) is 10.7. The number of thioether (sulfide) groups is 1. The molecular weight excluding hydrogens is 420 g/mol. The Morgan fingerprint density at radius 2 is 1.78 bits per heavy atom. The van der Waals surface area contributed by atoms with E-state index in [1.165, 1.54) is 11.8 Å². The fraction of sp³-hybridized carbons (Fsp3) is 0.160. The summed E-state index contributed by atoms with van der Waals surface area (Å²) < 4.78 is 7.59. The Hall–Kier alpha value is -3.58. The maximum Gasteiger partial charge on any atom is 0.234 e. The van der Waals surface area contributed by atoms with Gasteiger partial charge in [0.2, 0.25) is 5.91 Å². The summed E-state index contributed by atoms with van der Waals surface area (Å²) in [7, 11) is 0. The number of amides is 1. The largest absolute Gasteiger partial charge is 0.492 e. The number of hydrogen-bond donors (Lipinski definition) is 1. The van der Waals surface area contributed by atoms with Crippen molar-refractivity contribution in [1.82, 2.24) is 14.8 Å². The molecule has 7 heteroatoms. The Bertz CT molecular complexity index is 1210. The maximum atomic E-state index is 12.7. The number of nitrogens with zero attached hydrogens (tertiary/aromatic N) is 3. The van der Waals surface area contributed by atoms with Gasteiger partial charge in [0.1, 0.15) is 5.75 Å². The molecule has 6 nitrogen and oxygen atoms in total. The van der Waals surface area contributed by atoms with Gasteiger partial charge in [0.25, 0.3) is 0 Å². The van der Waals surface area contributed by atoms with E-state index < -0.39 is 0 Å². The number of anilines is 1. The van der Waals surface area contributed by atoms with Gasteiger partial charge in [0.05, 0.1) is 18.0 Å². The zero-order chi connectivity index (χ0) is 22.3. The van der Waals surface area contributed by atoms with E-state index in [-0.39, 0.29) is 11.7 Å². The number of ether oxygens (including phenoxy) is 1. The molecule has 0 aliphatic carbocycles. The smallest absolute Gasteiger partial charge is 0.234 e. The van der Waals surface area contributed by atoms with Crippen molar-refractivity contribution in [2.45, 2.75) is 19.0 Å². The highest BCUT2D eigenvalue weighted by molar-refractivity contribution is 7.99. The summed E-state index contributed by atoms with van der Waals surface area (Å²) in [6.45, 7) is 4.49. The molecule has 0 saturated heterocycles. The lowest BCUT2D eigenvalue weighted by Gasteiger charge is -2.12. The van der Waals surface area contributed by atoms with Gasteiger partial charge in [0.15, 0.2) is 11.0 Å². The van der Waals surface area contributed by atoms with E-state index in [4.69, 9.17) is 4.74 Å². The summed E-state index contributed by atoms with van der Waals surface area (Å²) in [5, 5.41) is 12.4. The zero-order valence-electron chi connectivity index (χ0n) is 18.0. The molecule has 4 aromatic rings. The standard InChI is InChI=1S/C25H24N4O2S/c1-3-31-22-15-8-7-14-21(22)26-23(30)17-32-25-28-27-24(19-11-5-4-6-12-19)29(25)20-13-9-10-18(2)16-20/h4-16H,3,17H2,1-2H3,(H,26,30). The highest BCUT2D eigenvalue weighted by Gasteiger charge is 2.18. The molecule has 32 heavy (non-hydrogen) atoms. The molecule has 1 amide bonds. The summed E-state index contributed by atoms with van der Waals surface area (Å²) in [5.74, 6) is 1.45. The number of benzene rings is 3. The molecule has 0 bridgehead atoms. The first kappa shape index (κ1) is 21.6. The van der Waals surface area contributed by atoms with E-state index in [1.807, 2.05) is 91.2 Å². The van der Waals surface area contributed by atoms with E-state index in [9.17, 15) is 4.79 Å². The van der Waals surface area contributed by atoms with Gasteiger partial charge in [-0.25, -0.2) is 0 Å². The SMILES string of the molecule is CCOc1ccccc1NC(=O)CSc1nnc(-c2ccccc2)n1-c1cccc(C)c1. The van der Waals surface area contributed by atoms with Crippen LogP contribution in [-0.4, -0.2) is 33.0 Å². The molecule has 0 atom stereocenters. The first-order valence-electron chi connectivity index (χ1n) is 10.4. The summed E-state index contributed by atoms with van der Waals surface area (Å²) in [6.07, 6.45) is 0. The maximum absolute atomic E-state index is 12.7. The third-order valence-corrected chi connectivity index (χ3v) is 5.65. The Morgan fingerprint density at radius 1 is 1.00 bits per heavy atom. The molecule has 0 fully saturated rings. The predicted octanol–water partition coefficient (Wildman–Crippen LogP) is 5.37. The van der Waals surface area contributed by atoms with Gasteiger partial charge in [-0.15, -0.1) is 10.2 Å². The van der Waals surface area contributed by atoms with Crippen LogP contribution in [-0.2, 0) is 4.79 Å². The molecule has 0 unspecified atom stereocenters. The van der Waals surface area contributed by atoms with Gasteiger partial charge in [-0.1, -0.05) is 66.4 Å². The van der Waals surface area contributed by atoms with Crippen LogP contribution in [0.1, 0.15) is 12.5 Å². The predicted molar refractivity (Wildman–Crippen MR) is 128 cm³/mol. The molecule has 0 spiro atoms. The van der Waals surface area contributed by atoms with Crippen molar-refractivity contribution in [1.29, 1.82) is 0 Å². The molecule has 4 rings (SSSR count). The average Bonchev–Trinajstić information content (AvgIpc) is 3.24. The second-order valence-corrected chi connectivity index (χ2v) is 8.06. The second kappa shape index (κ2) is 10.2. The van der Waals surface area contributed by atoms with Gasteiger partial charge in [-0.3, -0.25) is 9.36 Å². The summed E-state index contributed by atoms with van der Waals surface area (Å²) in [6, 6.07) is 25.5. The first-order chi connectivity index (χ1) is 15.7. The minimum absolute atomic E-state index is 0.137. The highest BCUT2D eigenvalue weighted by Crippen LogP contribution is 2.29. The molecule has 1 aromatic heterocycles. The molecule has 0 saturated carbocycles. The van der Waals surface area contributed by atoms with Crippen LogP contribution in [0.25, 0.3) is 17.1 Å². The molecule has 3 aromatic carbocycles. The molecule has 0 aliphatic heterocycles. The van der Waals surface area contributed by atoms with Crippen molar-refractivity contribution in [3.63, 3.8) is 0 Å². The van der Waals surface area contributed by atoms with Crippen LogP contribution in [0.15, 0.2) is 84.0 Å². The Morgan fingerprint density at radius 3 is 2.56 bits per heavy atom. The average molecular weight is 445 g/mol. The number of aromatic nitrogens is 3. The molecule has 162 valence electrons. The van der Waals surface area contributed by atoms with Crippen molar-refractivity contribution in [2.75, 3.05) is 17.7 Å². The van der Waals surface area contributed by atoms with E-state index in [0.717, 1.165) is 22.6 Å². The lowest BCUT2D eigenvalue weighted by atomic mass is 10.2. The number of carbonyl (C=O) groups is 1. The number of aryl methyl sites for hydroxylation is 1. The monoisotopic (exact) mass is 444 g/mol. The lowest BCUT2D eigenvalue weighted by molar-refractivity contribution is -0.113. The third kappa shape index (κ3) is 5.00. The molecule has 1 heterocycles. The number of nitrogens with one attached hydrogen (secondary N) is 1. The van der Waals surface area contributed by atoms with Crippen LogP contribution < -0.4 is 10.1 Å². The van der Waals surface area contributed by atoms with Gasteiger partial charge in [0, 0.05) is 11.3 Å². The fourth-order valence-electron chi connectivity index (χ4n) is 3.31. The number of para-hydroxylation sites is 2. The Labute approximate surface area is 191 Å². The quantitative estimate of drug-likeness (QED) is 0.370. The van der Waals surface area contributed by atoms with E-state index in [0.29, 0.717) is 23.2 Å². The van der Waals surface area contributed by atoms with Gasteiger partial charge in [-0.05, 0) is 43.7 Å². The summed E-state index contributed by atoms with van der Waals surface area (Å²) in [5.41, 5.74) is 3.71.